The smallest absolute Gasteiger partial charge is 0.112 e. The molecule has 112 valence electrons. The summed E-state index contributed by atoms with van der Waals surface area (Å²) in [5.41, 5.74) is 3.93. The molecule has 4 heteroatoms. The Labute approximate surface area is 130 Å². The molecular weight excluding hydrogens is 274 g/mol. The van der Waals surface area contributed by atoms with Crippen LogP contribution in [0.15, 0.2) is 60.7 Å². The van der Waals surface area contributed by atoms with Crippen molar-refractivity contribution in [2.45, 2.75) is 26.0 Å². The Bertz CT molecular complexity index is 662. The molecule has 2 aromatic carbocycles. The van der Waals surface area contributed by atoms with Crippen LogP contribution in [-0.2, 0) is 13.2 Å². The maximum atomic E-state index is 9.65. The molecule has 0 radical (unpaired) electrons. The minimum atomic E-state index is -0.106. The summed E-state index contributed by atoms with van der Waals surface area (Å²) in [5, 5.41) is 18.0. The van der Waals surface area contributed by atoms with Gasteiger partial charge in [0.1, 0.15) is 5.69 Å². The van der Waals surface area contributed by atoms with Gasteiger partial charge in [0, 0.05) is 6.54 Å². The monoisotopic (exact) mass is 293 g/mol. The van der Waals surface area contributed by atoms with E-state index < -0.39 is 0 Å². The second kappa shape index (κ2) is 6.54. The van der Waals surface area contributed by atoms with Crippen molar-refractivity contribution >= 4 is 0 Å². The molecule has 0 bridgehead atoms. The van der Waals surface area contributed by atoms with Crippen molar-refractivity contribution in [3.05, 3.63) is 83.2 Å². The highest BCUT2D eigenvalue weighted by atomic mass is 16.3. The fraction of sp³-hybridized carbons (Fsp3) is 0.222. The van der Waals surface area contributed by atoms with E-state index in [0.717, 1.165) is 12.2 Å². The number of benzene rings is 2. The molecular formula is C18H19N3O. The van der Waals surface area contributed by atoms with Crippen LogP contribution in [0, 0.1) is 0 Å². The van der Waals surface area contributed by atoms with Gasteiger partial charge in [0.15, 0.2) is 0 Å². The first kappa shape index (κ1) is 14.5. The molecule has 1 aromatic heterocycles. The first-order valence-electron chi connectivity index (χ1n) is 7.48. The van der Waals surface area contributed by atoms with Gasteiger partial charge in [-0.15, -0.1) is 5.10 Å². The van der Waals surface area contributed by atoms with Crippen LogP contribution in [0.2, 0.25) is 0 Å². The number of aliphatic hydroxyl groups is 1. The molecule has 0 aliphatic carbocycles. The molecule has 0 amide bonds. The second-order valence-electron chi connectivity index (χ2n) is 5.15. The number of aromatic nitrogens is 3. The van der Waals surface area contributed by atoms with Crippen molar-refractivity contribution in [2.24, 2.45) is 0 Å². The van der Waals surface area contributed by atoms with E-state index in [4.69, 9.17) is 0 Å². The maximum Gasteiger partial charge on any atom is 0.112 e. The molecule has 0 saturated carbocycles. The second-order valence-corrected chi connectivity index (χ2v) is 5.15. The van der Waals surface area contributed by atoms with Crippen LogP contribution in [0.1, 0.15) is 35.4 Å². The quantitative estimate of drug-likeness (QED) is 0.787. The summed E-state index contributed by atoms with van der Waals surface area (Å²) in [5.74, 6) is 0.0134. The summed E-state index contributed by atoms with van der Waals surface area (Å²) in [6, 6.07) is 20.6. The number of rotatable bonds is 5. The molecule has 0 aliphatic rings. The third-order valence-corrected chi connectivity index (χ3v) is 3.84. The summed E-state index contributed by atoms with van der Waals surface area (Å²) in [6.07, 6.45) is 0. The number of hydrogen-bond donors (Lipinski definition) is 1. The normalized spacial score (nSPS) is 11.0. The van der Waals surface area contributed by atoms with E-state index in [-0.39, 0.29) is 12.5 Å². The average molecular weight is 293 g/mol. The number of aliphatic hydroxyl groups excluding tert-OH is 1. The molecule has 0 atom stereocenters. The SMILES string of the molecule is CCn1nnc(CO)c1C(c1ccccc1)c1ccccc1. The number of nitrogens with zero attached hydrogens (tertiary/aromatic N) is 3. The minimum Gasteiger partial charge on any atom is -0.390 e. The lowest BCUT2D eigenvalue weighted by molar-refractivity contribution is 0.275. The van der Waals surface area contributed by atoms with Gasteiger partial charge in [0.2, 0.25) is 0 Å². The van der Waals surface area contributed by atoms with E-state index in [0.29, 0.717) is 5.69 Å². The predicted octanol–water partition coefficient (Wildman–Crippen LogP) is 2.97. The van der Waals surface area contributed by atoms with E-state index in [1.165, 1.54) is 11.1 Å². The van der Waals surface area contributed by atoms with Gasteiger partial charge in [-0.2, -0.15) is 0 Å². The molecule has 22 heavy (non-hydrogen) atoms. The van der Waals surface area contributed by atoms with Crippen LogP contribution >= 0.6 is 0 Å². The van der Waals surface area contributed by atoms with Gasteiger partial charge in [0.05, 0.1) is 18.2 Å². The highest BCUT2D eigenvalue weighted by molar-refractivity contribution is 5.41. The first-order chi connectivity index (χ1) is 10.8. The van der Waals surface area contributed by atoms with E-state index in [1.54, 1.807) is 0 Å². The summed E-state index contributed by atoms with van der Waals surface area (Å²) in [6.45, 7) is 2.65. The molecule has 0 aliphatic heterocycles. The van der Waals surface area contributed by atoms with Crippen molar-refractivity contribution in [2.75, 3.05) is 0 Å². The largest absolute Gasteiger partial charge is 0.390 e. The van der Waals surface area contributed by atoms with Gasteiger partial charge >= 0.3 is 0 Å². The Hall–Kier alpha value is -2.46. The first-order valence-corrected chi connectivity index (χ1v) is 7.48. The highest BCUT2D eigenvalue weighted by Crippen LogP contribution is 2.33. The van der Waals surface area contributed by atoms with Crippen LogP contribution < -0.4 is 0 Å². The van der Waals surface area contributed by atoms with Gasteiger partial charge in [-0.05, 0) is 18.1 Å². The fourth-order valence-electron chi connectivity index (χ4n) is 2.82. The Morgan fingerprint density at radius 1 is 0.955 bits per heavy atom. The van der Waals surface area contributed by atoms with E-state index >= 15 is 0 Å². The van der Waals surface area contributed by atoms with E-state index in [1.807, 2.05) is 48.0 Å². The number of aryl methyl sites for hydroxylation is 1. The van der Waals surface area contributed by atoms with Crippen LogP contribution in [0.25, 0.3) is 0 Å². The molecule has 0 saturated heterocycles. The zero-order valence-corrected chi connectivity index (χ0v) is 12.6. The zero-order valence-electron chi connectivity index (χ0n) is 12.6. The van der Waals surface area contributed by atoms with Crippen molar-refractivity contribution in [3.63, 3.8) is 0 Å². The van der Waals surface area contributed by atoms with Crippen LogP contribution in [0.5, 0.6) is 0 Å². The molecule has 1 N–H and O–H groups in total. The fourth-order valence-corrected chi connectivity index (χ4v) is 2.82. The predicted molar refractivity (Wildman–Crippen MR) is 85.4 cm³/mol. The van der Waals surface area contributed by atoms with Crippen LogP contribution in [0.4, 0.5) is 0 Å². The lowest BCUT2D eigenvalue weighted by Gasteiger charge is -2.20. The topological polar surface area (TPSA) is 50.9 Å². The van der Waals surface area contributed by atoms with Crippen LogP contribution in [-0.4, -0.2) is 20.1 Å². The maximum absolute atomic E-state index is 9.65. The third-order valence-electron chi connectivity index (χ3n) is 3.84. The van der Waals surface area contributed by atoms with Gasteiger partial charge in [-0.1, -0.05) is 65.9 Å². The lowest BCUT2D eigenvalue weighted by Crippen LogP contribution is -2.13. The summed E-state index contributed by atoms with van der Waals surface area (Å²) in [4.78, 5) is 0. The molecule has 0 unspecified atom stereocenters. The molecule has 0 spiro atoms. The van der Waals surface area contributed by atoms with Gasteiger partial charge in [0.25, 0.3) is 0 Å². The van der Waals surface area contributed by atoms with Gasteiger partial charge in [-0.25, -0.2) is 4.68 Å². The van der Waals surface area contributed by atoms with Crippen molar-refractivity contribution in [1.29, 1.82) is 0 Å². The molecule has 0 fully saturated rings. The van der Waals surface area contributed by atoms with E-state index in [9.17, 15) is 5.11 Å². The van der Waals surface area contributed by atoms with E-state index in [2.05, 4.69) is 34.6 Å². The third kappa shape index (κ3) is 2.65. The summed E-state index contributed by atoms with van der Waals surface area (Å²) in [7, 11) is 0. The number of hydrogen-bond acceptors (Lipinski definition) is 3. The summed E-state index contributed by atoms with van der Waals surface area (Å²) < 4.78 is 1.87. The van der Waals surface area contributed by atoms with Gasteiger partial charge < -0.3 is 5.11 Å². The van der Waals surface area contributed by atoms with Crippen molar-refractivity contribution in [1.82, 2.24) is 15.0 Å². The minimum absolute atomic E-state index is 0.0134. The molecule has 3 rings (SSSR count). The molecule has 1 heterocycles. The highest BCUT2D eigenvalue weighted by Gasteiger charge is 2.24. The average Bonchev–Trinajstić information content (AvgIpc) is 3.00. The van der Waals surface area contributed by atoms with Crippen LogP contribution in [0.3, 0.4) is 0 Å². The van der Waals surface area contributed by atoms with Crippen molar-refractivity contribution in [3.8, 4) is 0 Å². The Morgan fingerprint density at radius 3 is 1.95 bits per heavy atom. The summed E-state index contributed by atoms with van der Waals surface area (Å²) >= 11 is 0. The Morgan fingerprint density at radius 2 is 1.50 bits per heavy atom. The Balaban J connectivity index is 2.21. The lowest BCUT2D eigenvalue weighted by atomic mass is 9.87. The Kier molecular flexibility index (Phi) is 4.30. The van der Waals surface area contributed by atoms with Crippen molar-refractivity contribution < 1.29 is 5.11 Å². The van der Waals surface area contributed by atoms with Gasteiger partial charge in [-0.3, -0.25) is 0 Å². The standard InChI is InChI=1S/C18H19N3O/c1-2-21-18(16(13-22)19-20-21)17(14-9-5-3-6-10-14)15-11-7-4-8-12-15/h3-12,17,22H,2,13H2,1H3. The zero-order chi connectivity index (χ0) is 15.4. The molecule has 4 nitrogen and oxygen atoms in total. The molecule has 3 aromatic rings.